The highest BCUT2D eigenvalue weighted by Gasteiger charge is 2.21. The predicted molar refractivity (Wildman–Crippen MR) is 149 cm³/mol. The highest BCUT2D eigenvalue weighted by atomic mass is 27.2. The van der Waals surface area contributed by atoms with Crippen molar-refractivity contribution in [1.82, 2.24) is 38.8 Å². The minimum Gasteiger partial charge on any atom is -0.478 e. The van der Waals surface area contributed by atoms with Crippen molar-refractivity contribution in [3.05, 3.63) is 0 Å². The minimum atomic E-state index is -1.34. The molecule has 0 saturated carbocycles. The third-order valence-electron chi connectivity index (χ3n) is 5.63. The molecule has 9 nitrogen and oxygen atoms in total. The van der Waals surface area contributed by atoms with Crippen molar-refractivity contribution in [3.63, 3.8) is 0 Å². The molecule has 0 aromatic carbocycles. The SMILES string of the molecule is CC1NCCCN(C)CN(C)CCCN1.CCC.C[O][Al]1[NH]CCCN(C)CN(C)CCC[NH]1. The Hall–Kier alpha value is 0.172. The van der Waals surface area contributed by atoms with Crippen LogP contribution in [-0.4, -0.2) is 142 Å². The molecule has 2 aliphatic rings. The largest absolute Gasteiger partial charge is 0.698 e. The van der Waals surface area contributed by atoms with Gasteiger partial charge in [-0.3, -0.25) is 19.6 Å². The summed E-state index contributed by atoms with van der Waals surface area (Å²) >= 11 is -1.34. The van der Waals surface area contributed by atoms with Gasteiger partial charge in [-0.25, -0.2) is 0 Å². The molecule has 0 bridgehead atoms. The fourth-order valence-corrected chi connectivity index (χ4v) is 5.33. The smallest absolute Gasteiger partial charge is 0.478 e. The first-order chi connectivity index (χ1) is 16.3. The van der Waals surface area contributed by atoms with Gasteiger partial charge in [0.2, 0.25) is 0 Å². The van der Waals surface area contributed by atoms with Gasteiger partial charge < -0.3 is 23.0 Å². The van der Waals surface area contributed by atoms with E-state index >= 15 is 0 Å². The van der Waals surface area contributed by atoms with E-state index in [1.807, 2.05) is 0 Å². The summed E-state index contributed by atoms with van der Waals surface area (Å²) in [6.45, 7) is 17.5. The topological polar surface area (TPSA) is 70.3 Å². The predicted octanol–water partition coefficient (Wildman–Crippen LogP) is 0.955. The van der Waals surface area contributed by atoms with Crippen LogP contribution >= 0.6 is 0 Å². The van der Waals surface area contributed by atoms with Gasteiger partial charge in [0, 0.05) is 33.3 Å². The molecule has 0 spiro atoms. The van der Waals surface area contributed by atoms with E-state index in [-0.39, 0.29) is 0 Å². The Bertz CT molecular complexity index is 406. The molecule has 0 amide bonds. The Morgan fingerprint density at radius 2 is 1.00 bits per heavy atom. The lowest BCUT2D eigenvalue weighted by molar-refractivity contribution is 0.176. The summed E-state index contributed by atoms with van der Waals surface area (Å²) in [6.07, 6.45) is 6.49. The van der Waals surface area contributed by atoms with Gasteiger partial charge in [0.15, 0.2) is 0 Å². The molecule has 2 fully saturated rings. The third kappa shape index (κ3) is 21.5. The average molecular weight is 503 g/mol. The number of rotatable bonds is 1. The summed E-state index contributed by atoms with van der Waals surface area (Å²) < 4.78 is 12.4. The van der Waals surface area contributed by atoms with Gasteiger partial charge in [0.05, 0.1) is 19.5 Å². The van der Waals surface area contributed by atoms with Gasteiger partial charge >= 0.3 is 14.9 Å². The van der Waals surface area contributed by atoms with Gasteiger partial charge in [0.1, 0.15) is 0 Å². The van der Waals surface area contributed by atoms with E-state index in [9.17, 15) is 0 Å². The molecule has 4 N–H and O–H groups in total. The molecule has 0 aromatic rings. The highest BCUT2D eigenvalue weighted by molar-refractivity contribution is 6.45. The molecule has 2 heterocycles. The number of hydrogen-bond acceptors (Lipinski definition) is 9. The molecule has 2 aliphatic heterocycles. The number of nitrogens with one attached hydrogen (secondary N) is 4. The summed E-state index contributed by atoms with van der Waals surface area (Å²) in [4.78, 5) is 9.53. The van der Waals surface area contributed by atoms with E-state index < -0.39 is 14.9 Å². The standard InChI is InChI=1S/C11H26N4.C9H22N4.C3H8.CH3O.Al/c1-11-12-6-4-8-14(2)10-15(3)9-5-7-13-11;1-12(7-3-5-10)9-13(2)8-4-6-11;1-3-2;1-2;/h11-13H,4-10H2,1-3H3;10-11H,3-9H2,1-2H3;3H2,1-2H3;1H3;/q;-2;;-1;+3. The first kappa shape index (κ1) is 34.2. The third-order valence-corrected chi connectivity index (χ3v) is 7.42. The van der Waals surface area contributed by atoms with Gasteiger partial charge in [-0.15, -0.1) is 0 Å². The Morgan fingerprint density at radius 1 is 0.676 bits per heavy atom. The van der Waals surface area contributed by atoms with Crippen molar-refractivity contribution in [2.24, 2.45) is 0 Å². The van der Waals surface area contributed by atoms with Crippen molar-refractivity contribution in [2.45, 2.75) is 59.0 Å². The zero-order valence-electron chi connectivity index (χ0n) is 24.0. The van der Waals surface area contributed by atoms with Crippen LogP contribution < -0.4 is 19.2 Å². The maximum absolute atomic E-state index is 5.44. The van der Waals surface area contributed by atoms with Crippen LogP contribution in [0, 0.1) is 0 Å². The van der Waals surface area contributed by atoms with Crippen LogP contribution in [0.15, 0.2) is 0 Å². The quantitative estimate of drug-likeness (QED) is 0.393. The van der Waals surface area contributed by atoms with E-state index in [0.29, 0.717) is 6.17 Å². The lowest BCUT2D eigenvalue weighted by Crippen LogP contribution is -2.51. The van der Waals surface area contributed by atoms with E-state index in [4.69, 9.17) is 3.79 Å². The summed E-state index contributed by atoms with van der Waals surface area (Å²) in [7, 11) is 10.6. The fraction of sp³-hybridized carbons (Fsp3) is 1.00. The molecule has 2 rings (SSSR count). The number of nitrogens with zero attached hydrogens (tertiary/aromatic N) is 4. The normalized spacial score (nSPS) is 23.1. The Labute approximate surface area is 217 Å². The zero-order valence-corrected chi connectivity index (χ0v) is 25.1. The molecular formula is C24H59AlN8O. The van der Waals surface area contributed by atoms with Gasteiger partial charge in [0.25, 0.3) is 0 Å². The molecule has 204 valence electrons. The van der Waals surface area contributed by atoms with Crippen molar-refractivity contribution >= 4 is 14.9 Å². The number of hydrogen-bond donors (Lipinski definition) is 4. The second-order valence-electron chi connectivity index (χ2n) is 9.88. The van der Waals surface area contributed by atoms with Crippen LogP contribution in [0.4, 0.5) is 0 Å². The molecule has 0 unspecified atom stereocenters. The van der Waals surface area contributed by atoms with E-state index in [1.54, 1.807) is 7.11 Å². The van der Waals surface area contributed by atoms with Crippen molar-refractivity contribution in [1.29, 1.82) is 0 Å². The Balaban J connectivity index is 0.000000575. The van der Waals surface area contributed by atoms with Crippen molar-refractivity contribution in [3.8, 4) is 0 Å². The molecule has 0 aromatic heterocycles. The van der Waals surface area contributed by atoms with Crippen LogP contribution in [0.3, 0.4) is 0 Å². The second-order valence-corrected chi connectivity index (χ2v) is 11.9. The molecule has 34 heavy (non-hydrogen) atoms. The highest BCUT2D eigenvalue weighted by Crippen LogP contribution is 1.95. The van der Waals surface area contributed by atoms with E-state index in [1.165, 1.54) is 45.2 Å². The lowest BCUT2D eigenvalue weighted by atomic mass is 10.3. The van der Waals surface area contributed by atoms with Crippen molar-refractivity contribution in [2.75, 3.05) is 101 Å². The summed E-state index contributed by atoms with van der Waals surface area (Å²) in [5.41, 5.74) is 0. The first-order valence-corrected chi connectivity index (χ1v) is 15.1. The molecule has 0 aliphatic carbocycles. The van der Waals surface area contributed by atoms with Crippen LogP contribution in [0.25, 0.3) is 0 Å². The Kier molecular flexibility index (Phi) is 23.7. The monoisotopic (exact) mass is 502 g/mol. The molecule has 10 heteroatoms. The molecule has 0 atom stereocenters. The van der Waals surface area contributed by atoms with Crippen LogP contribution in [0.2, 0.25) is 0 Å². The second kappa shape index (κ2) is 23.6. The minimum absolute atomic E-state index is 0.444. The maximum Gasteiger partial charge on any atom is 0.698 e. The maximum atomic E-state index is 5.44. The summed E-state index contributed by atoms with van der Waals surface area (Å²) in [5.74, 6) is 0. The average Bonchev–Trinajstić information content (AvgIpc) is 2.78. The van der Waals surface area contributed by atoms with Crippen LogP contribution in [-0.2, 0) is 3.79 Å². The van der Waals surface area contributed by atoms with Gasteiger partial charge in [-0.2, -0.15) is 0 Å². The first-order valence-electron chi connectivity index (χ1n) is 13.5. The van der Waals surface area contributed by atoms with Gasteiger partial charge in [-0.05, 0) is 87.0 Å². The molecular weight excluding hydrogens is 443 g/mol. The summed E-state index contributed by atoms with van der Waals surface area (Å²) in [6, 6.07) is 0. The van der Waals surface area contributed by atoms with E-state index in [2.05, 4.69) is 87.8 Å². The fourth-order valence-electron chi connectivity index (χ4n) is 3.92. The van der Waals surface area contributed by atoms with Crippen molar-refractivity contribution < 1.29 is 3.79 Å². The lowest BCUT2D eigenvalue weighted by Gasteiger charge is -2.26. The van der Waals surface area contributed by atoms with E-state index in [0.717, 1.165) is 52.6 Å². The molecule has 0 radical (unpaired) electrons. The zero-order chi connectivity index (χ0) is 25.6. The Morgan fingerprint density at radius 3 is 1.32 bits per heavy atom. The van der Waals surface area contributed by atoms with Crippen LogP contribution in [0.5, 0.6) is 0 Å². The summed E-state index contributed by atoms with van der Waals surface area (Å²) in [5, 5.41) is 6.96. The van der Waals surface area contributed by atoms with Crippen LogP contribution in [0.1, 0.15) is 52.9 Å². The van der Waals surface area contributed by atoms with Gasteiger partial charge in [-0.1, -0.05) is 20.3 Å². The molecule has 2 saturated heterocycles.